The van der Waals surface area contributed by atoms with Gasteiger partial charge in [-0.2, -0.15) is 13.9 Å². The molecule has 2 rings (SSSR count). The first kappa shape index (κ1) is 17.1. The van der Waals surface area contributed by atoms with E-state index in [2.05, 4.69) is 15.2 Å². The van der Waals surface area contributed by atoms with Crippen molar-refractivity contribution >= 4 is 23.2 Å². The average molecular weight is 348 g/mol. The largest absolute Gasteiger partial charge is 0.444 e. The normalized spacial score (nSPS) is 12.8. The summed E-state index contributed by atoms with van der Waals surface area (Å²) in [6.07, 6.45) is -2.74. The second kappa shape index (κ2) is 6.49. The lowest BCUT2D eigenvalue weighted by molar-refractivity contribution is -0.198. The number of hydrogen-bond acceptors (Lipinski definition) is 3. The van der Waals surface area contributed by atoms with Crippen molar-refractivity contribution in [3.8, 4) is 5.75 Å². The summed E-state index contributed by atoms with van der Waals surface area (Å²) in [4.78, 5) is 12.2. The van der Waals surface area contributed by atoms with E-state index in [1.165, 1.54) is 35.1 Å². The van der Waals surface area contributed by atoms with E-state index in [0.29, 0.717) is 5.69 Å². The van der Waals surface area contributed by atoms with Gasteiger partial charge in [0.2, 0.25) is 0 Å². The third-order valence-electron chi connectivity index (χ3n) is 2.89. The second-order valence-corrected chi connectivity index (χ2v) is 5.10. The maximum absolute atomic E-state index is 13.3. The van der Waals surface area contributed by atoms with E-state index in [4.69, 9.17) is 11.6 Å². The molecule has 0 saturated carbocycles. The van der Waals surface area contributed by atoms with Crippen LogP contribution in [0, 0.1) is 6.92 Å². The molecule has 124 valence electrons. The topological polar surface area (TPSA) is 56.2 Å². The van der Waals surface area contributed by atoms with Crippen LogP contribution in [0.5, 0.6) is 5.75 Å². The minimum absolute atomic E-state index is 0.0438. The fourth-order valence-electron chi connectivity index (χ4n) is 1.86. The average Bonchev–Trinajstić information content (AvgIpc) is 2.79. The summed E-state index contributed by atoms with van der Waals surface area (Å²) in [5, 5.41) is 6.44. The highest BCUT2D eigenvalue weighted by Crippen LogP contribution is 2.33. The number of alkyl halides is 4. The Kier molecular flexibility index (Phi) is 4.84. The van der Waals surface area contributed by atoms with Crippen molar-refractivity contribution in [2.75, 3.05) is 5.32 Å². The molecule has 1 aromatic carbocycles. The molecule has 0 bridgehead atoms. The van der Waals surface area contributed by atoms with Crippen LogP contribution < -0.4 is 10.1 Å². The zero-order chi connectivity index (χ0) is 17.2. The van der Waals surface area contributed by atoms with Gasteiger partial charge >= 0.3 is 6.11 Å². The molecular formula is C14H13ClF3N3O2. The Labute approximate surface area is 135 Å². The van der Waals surface area contributed by atoms with Gasteiger partial charge in [-0.3, -0.25) is 9.48 Å². The Hall–Kier alpha value is -2.22. The third-order valence-corrected chi connectivity index (χ3v) is 3.15. The molecule has 1 N–H and O–H groups in total. The number of aromatic nitrogens is 2. The van der Waals surface area contributed by atoms with Crippen molar-refractivity contribution in [3.05, 3.63) is 41.7 Å². The van der Waals surface area contributed by atoms with E-state index in [0.717, 1.165) is 0 Å². The summed E-state index contributed by atoms with van der Waals surface area (Å²) < 4.78 is 45.0. The molecular weight excluding hydrogens is 335 g/mol. The standard InChI is InChI=1S/C14H13ClF3N3O2/c1-8-9(7-21(2)20-8)12(22)19-10-5-3-4-6-11(10)23-14(17,18)13(15)16/h3-7,13H,1-2H3,(H,19,22). The van der Waals surface area contributed by atoms with Crippen molar-refractivity contribution in [2.45, 2.75) is 18.7 Å². The lowest BCUT2D eigenvalue weighted by Gasteiger charge is -2.19. The molecule has 2 aromatic rings. The molecule has 1 heterocycles. The van der Waals surface area contributed by atoms with Crippen LogP contribution in [0.2, 0.25) is 0 Å². The molecule has 0 fully saturated rings. The van der Waals surface area contributed by atoms with E-state index < -0.39 is 23.4 Å². The quantitative estimate of drug-likeness (QED) is 0.842. The molecule has 23 heavy (non-hydrogen) atoms. The molecule has 0 aliphatic carbocycles. The zero-order valence-corrected chi connectivity index (χ0v) is 12.9. The summed E-state index contributed by atoms with van der Waals surface area (Å²) >= 11 is 4.76. The molecule has 1 atom stereocenters. The van der Waals surface area contributed by atoms with Gasteiger partial charge in [0.25, 0.3) is 11.5 Å². The first-order chi connectivity index (χ1) is 10.7. The van der Waals surface area contributed by atoms with Crippen LogP contribution in [-0.2, 0) is 7.05 Å². The van der Waals surface area contributed by atoms with E-state index in [1.54, 1.807) is 14.0 Å². The smallest absolute Gasteiger partial charge is 0.427 e. The van der Waals surface area contributed by atoms with Crippen molar-refractivity contribution in [3.63, 3.8) is 0 Å². The van der Waals surface area contributed by atoms with E-state index in [9.17, 15) is 18.0 Å². The minimum atomic E-state index is -4.23. The first-order valence-corrected chi connectivity index (χ1v) is 6.90. The molecule has 1 amide bonds. The van der Waals surface area contributed by atoms with E-state index in [-0.39, 0.29) is 11.3 Å². The van der Waals surface area contributed by atoms with Crippen LogP contribution in [0.1, 0.15) is 16.1 Å². The highest BCUT2D eigenvalue weighted by Gasteiger charge is 2.42. The number of benzene rings is 1. The van der Waals surface area contributed by atoms with Gasteiger partial charge in [0.05, 0.1) is 16.9 Å². The fraction of sp³-hybridized carbons (Fsp3) is 0.286. The van der Waals surface area contributed by atoms with Crippen molar-refractivity contribution in [2.24, 2.45) is 7.05 Å². The van der Waals surface area contributed by atoms with Crippen LogP contribution in [0.25, 0.3) is 0 Å². The summed E-state index contributed by atoms with van der Waals surface area (Å²) in [5.74, 6) is -0.965. The lowest BCUT2D eigenvalue weighted by atomic mass is 10.2. The van der Waals surface area contributed by atoms with Crippen LogP contribution in [0.4, 0.5) is 18.9 Å². The highest BCUT2D eigenvalue weighted by molar-refractivity contribution is 6.20. The van der Waals surface area contributed by atoms with Gasteiger partial charge in [-0.15, -0.1) is 0 Å². The number of amides is 1. The monoisotopic (exact) mass is 347 g/mol. The minimum Gasteiger partial charge on any atom is -0.427 e. The number of ether oxygens (including phenoxy) is 1. The molecule has 0 spiro atoms. The lowest BCUT2D eigenvalue weighted by Crippen LogP contribution is -2.33. The Morgan fingerprint density at radius 3 is 2.65 bits per heavy atom. The van der Waals surface area contributed by atoms with E-state index >= 15 is 0 Å². The number of carbonyl (C=O) groups is 1. The van der Waals surface area contributed by atoms with Gasteiger partial charge < -0.3 is 10.1 Å². The number of hydrogen-bond donors (Lipinski definition) is 1. The van der Waals surface area contributed by atoms with Gasteiger partial charge in [0.1, 0.15) is 5.75 Å². The maximum Gasteiger partial charge on any atom is 0.444 e. The highest BCUT2D eigenvalue weighted by atomic mass is 35.5. The summed E-state index contributed by atoms with van der Waals surface area (Å²) in [6, 6.07) is 5.41. The van der Waals surface area contributed by atoms with Gasteiger partial charge in [0, 0.05) is 13.2 Å². The van der Waals surface area contributed by atoms with Crippen LogP contribution >= 0.6 is 11.6 Å². The van der Waals surface area contributed by atoms with Gasteiger partial charge in [-0.05, 0) is 19.1 Å². The molecule has 0 aliphatic rings. The van der Waals surface area contributed by atoms with Gasteiger partial charge in [0.15, 0.2) is 0 Å². The van der Waals surface area contributed by atoms with Gasteiger partial charge in [-0.25, -0.2) is 4.39 Å². The number of nitrogens with one attached hydrogen (secondary N) is 1. The van der Waals surface area contributed by atoms with E-state index in [1.807, 2.05) is 0 Å². The summed E-state index contributed by atoms with van der Waals surface area (Å²) in [7, 11) is 1.64. The first-order valence-electron chi connectivity index (χ1n) is 6.46. The Balaban J connectivity index is 2.24. The molecule has 5 nitrogen and oxygen atoms in total. The Bertz CT molecular complexity index is 719. The molecule has 0 aliphatic heterocycles. The zero-order valence-electron chi connectivity index (χ0n) is 12.2. The van der Waals surface area contributed by atoms with Crippen LogP contribution in [-0.4, -0.2) is 27.4 Å². The summed E-state index contributed by atoms with van der Waals surface area (Å²) in [6.45, 7) is 1.63. The second-order valence-electron chi connectivity index (χ2n) is 4.72. The number of halogens is 4. The third kappa shape index (κ3) is 3.95. The summed E-state index contributed by atoms with van der Waals surface area (Å²) in [5.41, 5.74) is -2.32. The Morgan fingerprint density at radius 1 is 1.43 bits per heavy atom. The van der Waals surface area contributed by atoms with Crippen LogP contribution in [0.3, 0.4) is 0 Å². The predicted octanol–water partition coefficient (Wildman–Crippen LogP) is 3.49. The molecule has 9 heteroatoms. The number of para-hydroxylation sites is 2. The molecule has 0 saturated heterocycles. The number of rotatable bonds is 5. The fourth-order valence-corrected chi connectivity index (χ4v) is 1.91. The number of nitrogens with zero attached hydrogens (tertiary/aromatic N) is 2. The number of aryl methyl sites for hydroxylation is 2. The molecule has 1 aromatic heterocycles. The van der Waals surface area contributed by atoms with Crippen LogP contribution in [0.15, 0.2) is 30.5 Å². The Morgan fingerprint density at radius 2 is 2.09 bits per heavy atom. The van der Waals surface area contributed by atoms with Crippen molar-refractivity contribution in [1.29, 1.82) is 0 Å². The predicted molar refractivity (Wildman–Crippen MR) is 78.7 cm³/mol. The molecule has 0 radical (unpaired) electrons. The SMILES string of the molecule is Cc1nn(C)cc1C(=O)Nc1ccccc1OC(F)(F)C(F)Cl. The number of anilines is 1. The van der Waals surface area contributed by atoms with Crippen molar-refractivity contribution < 1.29 is 22.7 Å². The van der Waals surface area contributed by atoms with Crippen molar-refractivity contribution in [1.82, 2.24) is 9.78 Å². The maximum atomic E-state index is 13.3. The number of carbonyl (C=O) groups excluding carboxylic acids is 1. The molecule has 1 unspecified atom stereocenters. The van der Waals surface area contributed by atoms with Gasteiger partial charge in [-0.1, -0.05) is 23.7 Å².